The summed E-state index contributed by atoms with van der Waals surface area (Å²) in [4.78, 5) is 16.6. The molecule has 2 heterocycles. The molecule has 0 saturated carbocycles. The van der Waals surface area contributed by atoms with Crippen molar-refractivity contribution in [3.05, 3.63) is 29.8 Å². The molecule has 1 amide bonds. The van der Waals surface area contributed by atoms with Crippen molar-refractivity contribution in [3.8, 4) is 0 Å². The van der Waals surface area contributed by atoms with Crippen molar-refractivity contribution in [2.75, 3.05) is 44.9 Å². The Balaban J connectivity index is 1.69. The zero-order chi connectivity index (χ0) is 17.2. The molecule has 2 aliphatic rings. The Morgan fingerprint density at radius 3 is 2.50 bits per heavy atom. The zero-order valence-electron chi connectivity index (χ0n) is 15.0. The molecule has 2 fully saturated rings. The molecule has 0 aliphatic carbocycles. The van der Waals surface area contributed by atoms with Crippen LogP contribution in [-0.4, -0.2) is 62.4 Å². The third-order valence-electron chi connectivity index (χ3n) is 5.53. The molecule has 0 aromatic heterocycles. The van der Waals surface area contributed by atoms with Crippen LogP contribution in [0.15, 0.2) is 24.3 Å². The molecule has 2 aliphatic heterocycles. The molecule has 5 heteroatoms. The molecule has 1 aromatic carbocycles. The fourth-order valence-electron chi connectivity index (χ4n) is 3.98. The normalized spacial score (nSPS) is 22.5. The summed E-state index contributed by atoms with van der Waals surface area (Å²) in [7, 11) is 1.80. The van der Waals surface area contributed by atoms with Gasteiger partial charge in [-0.1, -0.05) is 17.7 Å². The number of carbonyl (C=O) groups is 1. The molecule has 24 heavy (non-hydrogen) atoms. The van der Waals surface area contributed by atoms with Gasteiger partial charge in [0, 0.05) is 39.0 Å². The van der Waals surface area contributed by atoms with E-state index in [1.165, 1.54) is 11.3 Å². The molecule has 0 radical (unpaired) electrons. The first-order chi connectivity index (χ1) is 11.6. The Labute approximate surface area is 144 Å². The minimum atomic E-state index is 0.0202. The second-order valence-corrected chi connectivity index (χ2v) is 6.79. The second kappa shape index (κ2) is 7.11. The van der Waals surface area contributed by atoms with Crippen LogP contribution in [-0.2, 0) is 14.3 Å². The number of aryl methyl sites for hydroxylation is 1. The van der Waals surface area contributed by atoms with Crippen LogP contribution in [0.3, 0.4) is 0 Å². The fraction of sp³-hybridized carbons (Fsp3) is 0.632. The van der Waals surface area contributed by atoms with E-state index in [0.29, 0.717) is 6.61 Å². The van der Waals surface area contributed by atoms with Crippen LogP contribution in [0, 0.1) is 6.92 Å². The van der Waals surface area contributed by atoms with Gasteiger partial charge in [0.05, 0.1) is 11.6 Å². The van der Waals surface area contributed by atoms with Crippen LogP contribution in [0.2, 0.25) is 0 Å². The molecular weight excluding hydrogens is 304 g/mol. The van der Waals surface area contributed by atoms with E-state index in [4.69, 9.17) is 9.47 Å². The standard InChI is InChI=1S/C19H28N2O3/c1-4-24-14-18(22)20-11-9-19(10-12-20)17(23-3)13-21(19)16-7-5-15(2)6-8-16/h5-8,17H,4,9-14H2,1-3H3. The van der Waals surface area contributed by atoms with E-state index in [-0.39, 0.29) is 24.2 Å². The number of ether oxygens (including phenoxy) is 2. The second-order valence-electron chi connectivity index (χ2n) is 6.79. The number of nitrogens with zero attached hydrogens (tertiary/aromatic N) is 2. The number of hydrogen-bond donors (Lipinski definition) is 0. The Morgan fingerprint density at radius 2 is 1.92 bits per heavy atom. The van der Waals surface area contributed by atoms with Gasteiger partial charge in [0.15, 0.2) is 0 Å². The van der Waals surface area contributed by atoms with Gasteiger partial charge >= 0.3 is 0 Å². The number of piperidine rings is 1. The first kappa shape index (κ1) is 17.2. The quantitative estimate of drug-likeness (QED) is 0.829. The van der Waals surface area contributed by atoms with Gasteiger partial charge in [0.25, 0.3) is 0 Å². The van der Waals surface area contributed by atoms with Crippen molar-refractivity contribution < 1.29 is 14.3 Å². The van der Waals surface area contributed by atoms with E-state index in [1.807, 2.05) is 11.8 Å². The highest BCUT2D eigenvalue weighted by molar-refractivity contribution is 5.77. The van der Waals surface area contributed by atoms with Gasteiger partial charge in [-0.3, -0.25) is 4.79 Å². The number of methoxy groups -OCH3 is 1. The monoisotopic (exact) mass is 332 g/mol. The average Bonchev–Trinajstić information content (AvgIpc) is 2.61. The van der Waals surface area contributed by atoms with Crippen LogP contribution in [0.1, 0.15) is 25.3 Å². The number of rotatable bonds is 5. The van der Waals surface area contributed by atoms with Gasteiger partial charge in [-0.05, 0) is 38.8 Å². The van der Waals surface area contributed by atoms with Crippen molar-refractivity contribution in [3.63, 3.8) is 0 Å². The molecule has 1 unspecified atom stereocenters. The number of likely N-dealkylation sites (tertiary alicyclic amines) is 1. The summed E-state index contributed by atoms with van der Waals surface area (Å²) in [5.74, 6) is 0.0990. The number of hydrogen-bond acceptors (Lipinski definition) is 4. The van der Waals surface area contributed by atoms with E-state index in [9.17, 15) is 4.79 Å². The molecule has 0 N–H and O–H groups in total. The molecule has 1 atom stereocenters. The van der Waals surface area contributed by atoms with E-state index >= 15 is 0 Å². The minimum Gasteiger partial charge on any atom is -0.377 e. The Morgan fingerprint density at radius 1 is 1.25 bits per heavy atom. The molecule has 5 nitrogen and oxygen atoms in total. The van der Waals surface area contributed by atoms with E-state index in [0.717, 1.165) is 32.5 Å². The van der Waals surface area contributed by atoms with Crippen molar-refractivity contribution in [1.29, 1.82) is 0 Å². The average molecular weight is 332 g/mol. The number of benzene rings is 1. The molecular formula is C19H28N2O3. The Hall–Kier alpha value is -1.59. The first-order valence-electron chi connectivity index (χ1n) is 8.83. The van der Waals surface area contributed by atoms with Crippen molar-refractivity contribution in [2.45, 2.75) is 38.3 Å². The maximum Gasteiger partial charge on any atom is 0.248 e. The van der Waals surface area contributed by atoms with Gasteiger partial charge in [0.1, 0.15) is 6.61 Å². The molecule has 0 bridgehead atoms. The van der Waals surface area contributed by atoms with Crippen LogP contribution < -0.4 is 4.90 Å². The predicted octanol–water partition coefficient (Wildman–Crippen LogP) is 2.23. The Kier molecular flexibility index (Phi) is 5.11. The van der Waals surface area contributed by atoms with Gasteiger partial charge < -0.3 is 19.3 Å². The molecule has 1 spiro atoms. The van der Waals surface area contributed by atoms with Crippen LogP contribution in [0.4, 0.5) is 5.69 Å². The van der Waals surface area contributed by atoms with Crippen LogP contribution >= 0.6 is 0 Å². The highest BCUT2D eigenvalue weighted by atomic mass is 16.5. The van der Waals surface area contributed by atoms with Crippen molar-refractivity contribution in [1.82, 2.24) is 4.90 Å². The topological polar surface area (TPSA) is 42.0 Å². The highest BCUT2D eigenvalue weighted by Gasteiger charge is 2.55. The van der Waals surface area contributed by atoms with E-state index < -0.39 is 0 Å². The third-order valence-corrected chi connectivity index (χ3v) is 5.53. The third kappa shape index (κ3) is 3.03. The lowest BCUT2D eigenvalue weighted by Gasteiger charge is -2.61. The lowest BCUT2D eigenvalue weighted by Crippen LogP contribution is -2.74. The van der Waals surface area contributed by atoms with Gasteiger partial charge in [0.2, 0.25) is 5.91 Å². The number of anilines is 1. The lowest BCUT2D eigenvalue weighted by atomic mass is 9.73. The summed E-state index contributed by atoms with van der Waals surface area (Å²) in [6.45, 7) is 7.26. The zero-order valence-corrected chi connectivity index (χ0v) is 15.0. The number of carbonyl (C=O) groups excluding carboxylic acids is 1. The fourth-order valence-corrected chi connectivity index (χ4v) is 3.98. The largest absolute Gasteiger partial charge is 0.377 e. The maximum atomic E-state index is 12.2. The summed E-state index contributed by atoms with van der Waals surface area (Å²) in [6, 6.07) is 8.69. The molecule has 1 aromatic rings. The smallest absolute Gasteiger partial charge is 0.248 e. The minimum absolute atomic E-state index is 0.0202. The maximum absolute atomic E-state index is 12.2. The summed E-state index contributed by atoms with van der Waals surface area (Å²) >= 11 is 0. The van der Waals surface area contributed by atoms with Gasteiger partial charge in [-0.25, -0.2) is 0 Å². The van der Waals surface area contributed by atoms with Crippen molar-refractivity contribution >= 4 is 11.6 Å². The summed E-state index contributed by atoms with van der Waals surface area (Å²) in [5.41, 5.74) is 2.54. The van der Waals surface area contributed by atoms with Gasteiger partial charge in [-0.15, -0.1) is 0 Å². The van der Waals surface area contributed by atoms with Crippen LogP contribution in [0.25, 0.3) is 0 Å². The lowest BCUT2D eigenvalue weighted by molar-refractivity contribution is -0.139. The van der Waals surface area contributed by atoms with Gasteiger partial charge in [-0.2, -0.15) is 0 Å². The molecule has 3 rings (SSSR count). The highest BCUT2D eigenvalue weighted by Crippen LogP contribution is 2.44. The predicted molar refractivity (Wildman–Crippen MR) is 94.4 cm³/mol. The van der Waals surface area contributed by atoms with E-state index in [2.05, 4.69) is 36.1 Å². The van der Waals surface area contributed by atoms with E-state index in [1.54, 1.807) is 7.11 Å². The first-order valence-corrected chi connectivity index (χ1v) is 8.83. The Bertz CT molecular complexity index is 564. The number of amides is 1. The van der Waals surface area contributed by atoms with Crippen LogP contribution in [0.5, 0.6) is 0 Å². The van der Waals surface area contributed by atoms with Crippen molar-refractivity contribution in [2.24, 2.45) is 0 Å². The summed E-state index contributed by atoms with van der Waals surface area (Å²) in [6.07, 6.45) is 2.12. The summed E-state index contributed by atoms with van der Waals surface area (Å²) in [5, 5.41) is 0. The molecule has 2 saturated heterocycles. The SMILES string of the molecule is CCOCC(=O)N1CCC2(CC1)C(OC)CN2c1ccc(C)cc1. The molecule has 132 valence electrons. The summed E-state index contributed by atoms with van der Waals surface area (Å²) < 4.78 is 11.0.